The summed E-state index contributed by atoms with van der Waals surface area (Å²) in [6.45, 7) is 0.542. The highest BCUT2D eigenvalue weighted by atomic mass is 16.5. The number of guanidine groups is 1. The van der Waals surface area contributed by atoms with Gasteiger partial charge in [-0.3, -0.25) is 4.99 Å². The second-order valence-corrected chi connectivity index (χ2v) is 3.52. The summed E-state index contributed by atoms with van der Waals surface area (Å²) in [6.07, 6.45) is 0. The summed E-state index contributed by atoms with van der Waals surface area (Å²) in [7, 11) is 6.47. The average molecular weight is 253 g/mol. The summed E-state index contributed by atoms with van der Waals surface area (Å²) in [4.78, 5) is 4.01. The van der Waals surface area contributed by atoms with E-state index in [1.54, 1.807) is 26.2 Å². The van der Waals surface area contributed by atoms with E-state index in [1.165, 1.54) is 14.2 Å². The molecule has 0 heterocycles. The Morgan fingerprint density at radius 2 is 1.83 bits per heavy atom. The molecular weight excluding hydrogens is 234 g/mol. The summed E-state index contributed by atoms with van der Waals surface area (Å²) in [5, 5.41) is 15.8. The van der Waals surface area contributed by atoms with Gasteiger partial charge >= 0.3 is 0 Å². The zero-order chi connectivity index (χ0) is 13.5. The molecule has 0 aliphatic rings. The van der Waals surface area contributed by atoms with Gasteiger partial charge in [0.15, 0.2) is 17.5 Å². The summed E-state index contributed by atoms with van der Waals surface area (Å²) in [6, 6.07) is 3.49. The molecule has 0 fully saturated rings. The highest BCUT2D eigenvalue weighted by molar-refractivity contribution is 5.79. The van der Waals surface area contributed by atoms with E-state index in [9.17, 15) is 5.11 Å². The zero-order valence-corrected chi connectivity index (χ0v) is 11.1. The van der Waals surface area contributed by atoms with Gasteiger partial charge in [0, 0.05) is 20.6 Å². The third kappa shape index (κ3) is 3.19. The van der Waals surface area contributed by atoms with Gasteiger partial charge in [-0.15, -0.1) is 0 Å². The van der Waals surface area contributed by atoms with Crippen LogP contribution in [0.25, 0.3) is 0 Å². The second kappa shape index (κ2) is 6.58. The molecule has 3 N–H and O–H groups in total. The smallest absolute Gasteiger partial charge is 0.200 e. The van der Waals surface area contributed by atoms with E-state index in [-0.39, 0.29) is 5.75 Å². The predicted molar refractivity (Wildman–Crippen MR) is 70.5 cm³/mol. The molecule has 0 unspecified atom stereocenters. The summed E-state index contributed by atoms with van der Waals surface area (Å²) in [5.41, 5.74) is 0.915. The molecule has 1 aromatic rings. The first-order chi connectivity index (χ1) is 8.65. The Morgan fingerprint density at radius 3 is 2.22 bits per heavy atom. The van der Waals surface area contributed by atoms with Crippen LogP contribution in [-0.4, -0.2) is 39.4 Å². The number of hydrogen-bond donors (Lipinski definition) is 3. The number of phenols is 1. The molecule has 0 saturated carbocycles. The van der Waals surface area contributed by atoms with Crippen molar-refractivity contribution in [2.24, 2.45) is 4.99 Å². The van der Waals surface area contributed by atoms with E-state index >= 15 is 0 Å². The zero-order valence-electron chi connectivity index (χ0n) is 11.1. The van der Waals surface area contributed by atoms with E-state index in [0.717, 1.165) is 5.56 Å². The minimum absolute atomic E-state index is 0.00162. The van der Waals surface area contributed by atoms with Crippen LogP contribution in [0.1, 0.15) is 5.56 Å². The fourth-order valence-corrected chi connectivity index (χ4v) is 1.51. The molecule has 0 spiro atoms. The minimum atomic E-state index is 0.00162. The number of aromatic hydroxyl groups is 1. The number of phenolic OH excluding ortho intramolecular Hbond substituents is 1. The number of ether oxygens (including phenoxy) is 2. The van der Waals surface area contributed by atoms with Crippen LogP contribution in [0.15, 0.2) is 17.1 Å². The Hall–Kier alpha value is -2.11. The monoisotopic (exact) mass is 253 g/mol. The van der Waals surface area contributed by atoms with Gasteiger partial charge in [-0.2, -0.15) is 0 Å². The topological polar surface area (TPSA) is 75.1 Å². The normalized spacial score (nSPS) is 11.0. The van der Waals surface area contributed by atoms with Crippen molar-refractivity contribution in [2.45, 2.75) is 6.54 Å². The predicted octanol–water partition coefficient (Wildman–Crippen LogP) is 0.704. The van der Waals surface area contributed by atoms with E-state index in [4.69, 9.17) is 9.47 Å². The van der Waals surface area contributed by atoms with Crippen molar-refractivity contribution in [3.63, 3.8) is 0 Å². The molecule has 0 aliphatic carbocycles. The van der Waals surface area contributed by atoms with Gasteiger partial charge in [0.1, 0.15) is 0 Å². The van der Waals surface area contributed by atoms with Crippen molar-refractivity contribution in [3.8, 4) is 17.2 Å². The first kappa shape index (κ1) is 14.0. The Labute approximate surface area is 107 Å². The second-order valence-electron chi connectivity index (χ2n) is 3.52. The van der Waals surface area contributed by atoms with Crippen molar-refractivity contribution in [3.05, 3.63) is 17.7 Å². The lowest BCUT2D eigenvalue weighted by molar-refractivity contribution is 0.339. The molecule has 0 saturated heterocycles. The highest BCUT2D eigenvalue weighted by Gasteiger charge is 2.11. The molecule has 100 valence electrons. The van der Waals surface area contributed by atoms with Gasteiger partial charge in [-0.1, -0.05) is 0 Å². The average Bonchev–Trinajstić information content (AvgIpc) is 2.41. The van der Waals surface area contributed by atoms with E-state index in [0.29, 0.717) is 24.0 Å². The quantitative estimate of drug-likeness (QED) is 0.544. The van der Waals surface area contributed by atoms with Crippen molar-refractivity contribution in [1.82, 2.24) is 10.6 Å². The lowest BCUT2D eigenvalue weighted by atomic mass is 10.2. The molecule has 0 aromatic heterocycles. The molecule has 6 heteroatoms. The lowest BCUT2D eigenvalue weighted by Gasteiger charge is -2.13. The van der Waals surface area contributed by atoms with Gasteiger partial charge in [0.25, 0.3) is 0 Å². The Bertz CT molecular complexity index is 408. The van der Waals surface area contributed by atoms with Crippen molar-refractivity contribution < 1.29 is 14.6 Å². The van der Waals surface area contributed by atoms with Crippen molar-refractivity contribution >= 4 is 5.96 Å². The molecule has 0 amide bonds. The molecule has 0 atom stereocenters. The maximum absolute atomic E-state index is 9.78. The number of rotatable bonds is 4. The van der Waals surface area contributed by atoms with Crippen molar-refractivity contribution in [2.75, 3.05) is 28.3 Å². The molecule has 0 aliphatic heterocycles. The summed E-state index contributed by atoms with van der Waals surface area (Å²) in [5.74, 6) is 1.44. The Balaban J connectivity index is 2.89. The first-order valence-electron chi connectivity index (χ1n) is 5.48. The van der Waals surface area contributed by atoms with Crippen LogP contribution < -0.4 is 20.1 Å². The molecule has 1 rings (SSSR count). The SMILES string of the molecule is CN=C(NC)NCc1cc(OC)c(O)c(OC)c1. The third-order valence-corrected chi connectivity index (χ3v) is 2.46. The molecule has 0 radical (unpaired) electrons. The number of benzene rings is 1. The van der Waals surface area contributed by atoms with Crippen LogP contribution in [0.5, 0.6) is 17.2 Å². The van der Waals surface area contributed by atoms with Crippen LogP contribution >= 0.6 is 0 Å². The van der Waals surface area contributed by atoms with Crippen LogP contribution in [0, 0.1) is 0 Å². The molecule has 0 bridgehead atoms. The number of aliphatic imine (C=N–C) groups is 1. The van der Waals surface area contributed by atoms with Crippen LogP contribution in [-0.2, 0) is 6.54 Å². The van der Waals surface area contributed by atoms with E-state index in [1.807, 2.05) is 0 Å². The van der Waals surface area contributed by atoms with Gasteiger partial charge in [0.05, 0.1) is 14.2 Å². The maximum atomic E-state index is 9.78. The van der Waals surface area contributed by atoms with Crippen molar-refractivity contribution in [1.29, 1.82) is 0 Å². The standard InChI is InChI=1S/C12H19N3O3/c1-13-12(14-2)15-7-8-5-9(17-3)11(16)10(6-8)18-4/h5-6,16H,7H2,1-4H3,(H2,13,14,15). The number of nitrogens with one attached hydrogen (secondary N) is 2. The van der Waals surface area contributed by atoms with Crippen LogP contribution in [0.3, 0.4) is 0 Å². The number of nitrogens with zero attached hydrogens (tertiary/aromatic N) is 1. The van der Waals surface area contributed by atoms with Crippen LogP contribution in [0.4, 0.5) is 0 Å². The van der Waals surface area contributed by atoms with Crippen LogP contribution in [0.2, 0.25) is 0 Å². The minimum Gasteiger partial charge on any atom is -0.502 e. The number of hydrogen-bond acceptors (Lipinski definition) is 4. The molecule has 1 aromatic carbocycles. The van der Waals surface area contributed by atoms with E-state index in [2.05, 4.69) is 15.6 Å². The molecule has 18 heavy (non-hydrogen) atoms. The third-order valence-electron chi connectivity index (χ3n) is 2.46. The largest absolute Gasteiger partial charge is 0.502 e. The Kier molecular flexibility index (Phi) is 5.10. The van der Waals surface area contributed by atoms with Gasteiger partial charge in [0.2, 0.25) is 5.75 Å². The highest BCUT2D eigenvalue weighted by Crippen LogP contribution is 2.36. The maximum Gasteiger partial charge on any atom is 0.200 e. The Morgan fingerprint density at radius 1 is 1.28 bits per heavy atom. The van der Waals surface area contributed by atoms with Gasteiger partial charge < -0.3 is 25.2 Å². The summed E-state index contributed by atoms with van der Waals surface area (Å²) < 4.78 is 10.2. The first-order valence-corrected chi connectivity index (χ1v) is 5.48. The number of methoxy groups -OCH3 is 2. The lowest BCUT2D eigenvalue weighted by Crippen LogP contribution is -2.34. The summed E-state index contributed by atoms with van der Waals surface area (Å²) >= 11 is 0. The molecular formula is C12H19N3O3. The van der Waals surface area contributed by atoms with Gasteiger partial charge in [-0.05, 0) is 17.7 Å². The molecule has 6 nitrogen and oxygen atoms in total. The van der Waals surface area contributed by atoms with E-state index < -0.39 is 0 Å². The fourth-order valence-electron chi connectivity index (χ4n) is 1.51. The van der Waals surface area contributed by atoms with Gasteiger partial charge in [-0.25, -0.2) is 0 Å². The fraction of sp³-hybridized carbons (Fsp3) is 0.417.